The lowest BCUT2D eigenvalue weighted by Gasteiger charge is -2.00. The molecule has 1 aliphatic rings. The van der Waals surface area contributed by atoms with Gasteiger partial charge in [-0.25, -0.2) is 4.79 Å². The van der Waals surface area contributed by atoms with E-state index in [9.17, 15) is 14.7 Å². The van der Waals surface area contributed by atoms with Crippen LogP contribution in [-0.2, 0) is 11.3 Å². The lowest BCUT2D eigenvalue weighted by atomic mass is 10.1. The number of H-pyrrole nitrogens is 1. The second kappa shape index (κ2) is 4.78. The van der Waals surface area contributed by atoms with Gasteiger partial charge in [-0.2, -0.15) is 0 Å². The van der Waals surface area contributed by atoms with Crippen molar-refractivity contribution in [3.05, 3.63) is 46.0 Å². The van der Waals surface area contributed by atoms with Crippen molar-refractivity contribution in [2.45, 2.75) is 6.54 Å². The van der Waals surface area contributed by atoms with E-state index in [0.29, 0.717) is 0 Å². The highest BCUT2D eigenvalue weighted by Crippen LogP contribution is 2.32. The van der Waals surface area contributed by atoms with Crippen molar-refractivity contribution < 1.29 is 15.0 Å². The summed E-state index contributed by atoms with van der Waals surface area (Å²) >= 11 is 0. The first-order valence-electron chi connectivity index (χ1n) is 6.15. The zero-order valence-electron chi connectivity index (χ0n) is 10.8. The molecule has 106 valence electrons. The summed E-state index contributed by atoms with van der Waals surface area (Å²) < 4.78 is 0.757. The smallest absolute Gasteiger partial charge is 0.329 e. The minimum Gasteiger partial charge on any atom is -0.493 e. The number of nitrogens with one attached hydrogen (secondary N) is 1. The molecule has 1 aromatic carbocycles. The number of carbonyl (C=O) groups is 1. The third-order valence-electron chi connectivity index (χ3n) is 3.13. The fraction of sp³-hybridized carbons (Fsp3) is 0.0714. The fourth-order valence-electron chi connectivity index (χ4n) is 2.17. The van der Waals surface area contributed by atoms with Gasteiger partial charge < -0.3 is 15.2 Å². The standard InChI is InChI=1S/C14H11N3O4/c18-12(19)7-17-13(20)11(16-14(17)21)5-8-6-15-10-4-2-1-3-9(8)10/h1-6,20H,7H2,(H,16,21)(H,18,19)/b8-5+. The van der Waals surface area contributed by atoms with Gasteiger partial charge in [-0.3, -0.25) is 14.4 Å². The van der Waals surface area contributed by atoms with E-state index in [4.69, 9.17) is 5.11 Å². The van der Waals surface area contributed by atoms with Crippen LogP contribution in [0.2, 0.25) is 0 Å². The lowest BCUT2D eigenvalue weighted by molar-refractivity contribution is -0.137. The van der Waals surface area contributed by atoms with Crippen LogP contribution in [0, 0.1) is 0 Å². The van der Waals surface area contributed by atoms with Crippen LogP contribution in [0.15, 0.2) is 34.1 Å². The van der Waals surface area contributed by atoms with E-state index in [0.717, 1.165) is 21.4 Å². The maximum atomic E-state index is 11.6. The summed E-state index contributed by atoms with van der Waals surface area (Å²) in [4.78, 5) is 29.0. The van der Waals surface area contributed by atoms with Crippen LogP contribution >= 0.6 is 0 Å². The van der Waals surface area contributed by atoms with Gasteiger partial charge in [0.1, 0.15) is 12.2 Å². The molecule has 0 radical (unpaired) electrons. The van der Waals surface area contributed by atoms with Crippen LogP contribution in [0.1, 0.15) is 11.3 Å². The Balaban J connectivity index is 2.04. The molecular weight excluding hydrogens is 274 g/mol. The Morgan fingerprint density at radius 3 is 2.90 bits per heavy atom. The minimum absolute atomic E-state index is 0.152. The summed E-state index contributed by atoms with van der Waals surface area (Å²) in [6.07, 6.45) is 3.18. The molecule has 0 bridgehead atoms. The van der Waals surface area contributed by atoms with Crippen LogP contribution in [0.25, 0.3) is 11.6 Å². The number of aliphatic carboxylic acids is 1. The van der Waals surface area contributed by atoms with Crippen molar-refractivity contribution in [2.24, 2.45) is 4.99 Å². The van der Waals surface area contributed by atoms with Crippen molar-refractivity contribution in [3.63, 3.8) is 0 Å². The van der Waals surface area contributed by atoms with Crippen molar-refractivity contribution in [2.75, 3.05) is 0 Å². The van der Waals surface area contributed by atoms with Crippen LogP contribution < -0.4 is 5.69 Å². The van der Waals surface area contributed by atoms with Gasteiger partial charge in [-0.05, 0) is 12.1 Å². The molecule has 3 N–H and O–H groups in total. The molecular formula is C14H11N3O4. The molecule has 0 unspecified atom stereocenters. The molecule has 3 rings (SSSR count). The van der Waals surface area contributed by atoms with E-state index < -0.39 is 24.1 Å². The number of imidazole rings is 1. The summed E-state index contributed by atoms with van der Waals surface area (Å²) in [5.74, 6) is -1.62. The molecule has 0 saturated carbocycles. The van der Waals surface area contributed by atoms with Gasteiger partial charge in [-0.1, -0.05) is 18.2 Å². The number of aromatic hydroxyl groups is 1. The van der Waals surface area contributed by atoms with E-state index in [1.54, 1.807) is 12.3 Å². The molecule has 0 saturated heterocycles. The topological polar surface area (TPSA) is 108 Å². The van der Waals surface area contributed by atoms with Crippen molar-refractivity contribution >= 4 is 29.5 Å². The lowest BCUT2D eigenvalue weighted by Crippen LogP contribution is -2.21. The third kappa shape index (κ3) is 2.25. The number of hydrogen-bond donors (Lipinski definition) is 3. The van der Waals surface area contributed by atoms with Gasteiger partial charge >= 0.3 is 11.7 Å². The summed E-state index contributed by atoms with van der Waals surface area (Å²) in [6, 6.07) is 7.45. The quantitative estimate of drug-likeness (QED) is 0.788. The van der Waals surface area contributed by atoms with E-state index in [1.165, 1.54) is 0 Å². The highest BCUT2D eigenvalue weighted by molar-refractivity contribution is 6.21. The number of fused-ring (bicyclic) bond motifs is 1. The largest absolute Gasteiger partial charge is 0.493 e. The fourth-order valence-corrected chi connectivity index (χ4v) is 2.17. The number of allylic oxidation sites excluding steroid dienone is 1. The second-order valence-electron chi connectivity index (χ2n) is 4.52. The number of benzene rings is 1. The van der Waals surface area contributed by atoms with E-state index >= 15 is 0 Å². The molecule has 0 amide bonds. The summed E-state index contributed by atoms with van der Waals surface area (Å²) in [5.41, 5.74) is 1.88. The van der Waals surface area contributed by atoms with E-state index in [1.807, 2.05) is 24.3 Å². The number of carboxylic acid groups (broad SMARTS) is 1. The molecule has 0 atom stereocenters. The molecule has 2 aromatic rings. The number of carboxylic acids is 1. The molecule has 0 aliphatic carbocycles. The van der Waals surface area contributed by atoms with Gasteiger partial charge in [0, 0.05) is 17.4 Å². The van der Waals surface area contributed by atoms with Gasteiger partial charge in [0.15, 0.2) is 0 Å². The molecule has 21 heavy (non-hydrogen) atoms. The van der Waals surface area contributed by atoms with Crippen molar-refractivity contribution in [3.8, 4) is 5.88 Å². The highest BCUT2D eigenvalue weighted by Gasteiger charge is 2.16. The summed E-state index contributed by atoms with van der Waals surface area (Å²) in [5, 5.41) is 18.7. The van der Waals surface area contributed by atoms with Crippen molar-refractivity contribution in [1.82, 2.24) is 9.55 Å². The zero-order chi connectivity index (χ0) is 15.0. The van der Waals surface area contributed by atoms with Crippen LogP contribution in [-0.4, -0.2) is 31.9 Å². The number of hydrogen-bond acceptors (Lipinski definition) is 4. The monoisotopic (exact) mass is 285 g/mol. The molecule has 0 fully saturated rings. The molecule has 1 aliphatic heterocycles. The Hall–Kier alpha value is -3.09. The average molecular weight is 285 g/mol. The molecule has 7 nitrogen and oxygen atoms in total. The van der Waals surface area contributed by atoms with E-state index in [-0.39, 0.29) is 5.69 Å². The Kier molecular flexibility index (Phi) is 2.94. The SMILES string of the molecule is O=C(O)Cn1c(O)c(/C=C2\C=Nc3ccccc32)[nH]c1=O. The van der Waals surface area contributed by atoms with Gasteiger partial charge in [0.25, 0.3) is 0 Å². The van der Waals surface area contributed by atoms with Crippen LogP contribution in [0.5, 0.6) is 5.88 Å². The first-order valence-corrected chi connectivity index (χ1v) is 6.15. The zero-order valence-corrected chi connectivity index (χ0v) is 10.8. The van der Waals surface area contributed by atoms with Crippen molar-refractivity contribution in [1.29, 1.82) is 0 Å². The number of para-hydroxylation sites is 1. The second-order valence-corrected chi connectivity index (χ2v) is 4.52. The first-order chi connectivity index (χ1) is 10.1. The average Bonchev–Trinajstić information content (AvgIpc) is 2.96. The predicted octanol–water partition coefficient (Wildman–Crippen LogP) is 1.22. The summed E-state index contributed by atoms with van der Waals surface area (Å²) in [7, 11) is 0. The minimum atomic E-state index is -1.21. The number of aromatic nitrogens is 2. The molecule has 2 heterocycles. The Morgan fingerprint density at radius 2 is 2.14 bits per heavy atom. The number of nitrogens with zero attached hydrogens (tertiary/aromatic N) is 2. The number of rotatable bonds is 3. The maximum Gasteiger partial charge on any atom is 0.329 e. The number of aliphatic imine (C=N–C) groups is 1. The van der Waals surface area contributed by atoms with Crippen LogP contribution in [0.4, 0.5) is 5.69 Å². The predicted molar refractivity (Wildman–Crippen MR) is 76.8 cm³/mol. The summed E-state index contributed by atoms with van der Waals surface area (Å²) in [6.45, 7) is -0.602. The normalized spacial score (nSPS) is 14.6. The molecule has 1 aromatic heterocycles. The van der Waals surface area contributed by atoms with E-state index in [2.05, 4.69) is 9.98 Å². The van der Waals surface area contributed by atoms with Crippen LogP contribution in [0.3, 0.4) is 0 Å². The first kappa shape index (κ1) is 12.9. The third-order valence-corrected chi connectivity index (χ3v) is 3.13. The Bertz CT molecular complexity index is 842. The van der Waals surface area contributed by atoms with Gasteiger partial charge in [-0.15, -0.1) is 0 Å². The number of aromatic amines is 1. The van der Waals surface area contributed by atoms with Gasteiger partial charge in [0.05, 0.1) is 5.69 Å². The highest BCUT2D eigenvalue weighted by atomic mass is 16.4. The molecule has 7 heteroatoms. The Labute approximate surface area is 118 Å². The van der Waals surface area contributed by atoms with Gasteiger partial charge in [0.2, 0.25) is 5.88 Å². The Morgan fingerprint density at radius 1 is 1.38 bits per heavy atom. The maximum absolute atomic E-state index is 11.6. The molecule has 0 spiro atoms.